The zero-order chi connectivity index (χ0) is 14.8. The van der Waals surface area contributed by atoms with Crippen molar-refractivity contribution in [2.45, 2.75) is 13.0 Å². The number of fused-ring (bicyclic) bond motifs is 1. The van der Waals surface area contributed by atoms with E-state index in [1.54, 1.807) is 0 Å². The lowest BCUT2D eigenvalue weighted by Crippen LogP contribution is -2.36. The Morgan fingerprint density at radius 2 is 2.19 bits per heavy atom. The Morgan fingerprint density at radius 1 is 1.38 bits per heavy atom. The van der Waals surface area contributed by atoms with E-state index in [4.69, 9.17) is 5.26 Å². The molecule has 4 heteroatoms. The van der Waals surface area contributed by atoms with Gasteiger partial charge in [-0.1, -0.05) is 18.2 Å². The van der Waals surface area contributed by atoms with Crippen LogP contribution in [0.15, 0.2) is 36.5 Å². The highest BCUT2D eigenvalue weighted by atomic mass is 16.3. The van der Waals surface area contributed by atoms with Crippen LogP contribution in [0.3, 0.4) is 0 Å². The van der Waals surface area contributed by atoms with Crippen molar-refractivity contribution in [3.63, 3.8) is 0 Å². The Bertz CT molecular complexity index is 684. The molecule has 0 spiro atoms. The number of hydrogen-bond donors (Lipinski definition) is 1. The first-order valence-corrected chi connectivity index (χ1v) is 7.20. The zero-order valence-corrected chi connectivity index (χ0v) is 12.2. The summed E-state index contributed by atoms with van der Waals surface area (Å²) in [4.78, 5) is 2.30. The van der Waals surface area contributed by atoms with Crippen LogP contribution >= 0.6 is 0 Å². The fraction of sp³-hybridized carbons (Fsp3) is 0.353. The number of rotatable bonds is 3. The summed E-state index contributed by atoms with van der Waals surface area (Å²) in [5.74, 6) is 0.277. The number of aliphatic hydroxyl groups is 1. The molecule has 1 atom stereocenters. The number of aliphatic hydroxyl groups excluding tert-OH is 1. The average Bonchev–Trinajstić information content (AvgIpc) is 2.86. The largest absolute Gasteiger partial charge is 0.396 e. The van der Waals surface area contributed by atoms with Gasteiger partial charge in [-0.05, 0) is 29.7 Å². The Labute approximate surface area is 124 Å². The molecule has 108 valence electrons. The molecule has 1 N–H and O–H groups in total. The molecule has 3 rings (SSSR count). The van der Waals surface area contributed by atoms with E-state index in [2.05, 4.69) is 29.2 Å². The molecule has 0 radical (unpaired) electrons. The SMILES string of the molecule is Cn1cc(CN2CC(CO)Cc3ccccc32)cc1C#N. The van der Waals surface area contributed by atoms with Gasteiger partial charge >= 0.3 is 0 Å². The second-order valence-corrected chi connectivity index (χ2v) is 5.72. The number of anilines is 1. The van der Waals surface area contributed by atoms with Crippen LogP contribution in [0.1, 0.15) is 16.8 Å². The summed E-state index contributed by atoms with van der Waals surface area (Å²) >= 11 is 0. The Morgan fingerprint density at radius 3 is 2.90 bits per heavy atom. The predicted octanol–water partition coefficient (Wildman–Crippen LogP) is 2.07. The molecule has 2 heterocycles. The molecule has 2 aromatic rings. The lowest BCUT2D eigenvalue weighted by atomic mass is 9.93. The second-order valence-electron chi connectivity index (χ2n) is 5.72. The van der Waals surface area contributed by atoms with Crippen LogP contribution in [0, 0.1) is 17.2 Å². The van der Waals surface area contributed by atoms with E-state index >= 15 is 0 Å². The number of hydrogen-bond acceptors (Lipinski definition) is 3. The molecule has 0 aliphatic carbocycles. The van der Waals surface area contributed by atoms with Crippen molar-refractivity contribution in [2.24, 2.45) is 13.0 Å². The van der Waals surface area contributed by atoms with Crippen molar-refractivity contribution >= 4 is 5.69 Å². The zero-order valence-electron chi connectivity index (χ0n) is 12.2. The smallest absolute Gasteiger partial charge is 0.120 e. The summed E-state index contributed by atoms with van der Waals surface area (Å²) in [5, 5.41) is 18.6. The van der Waals surface area contributed by atoms with Gasteiger partial charge in [0, 0.05) is 44.5 Å². The number of aryl methyl sites for hydroxylation is 1. The van der Waals surface area contributed by atoms with Crippen molar-refractivity contribution in [1.82, 2.24) is 4.57 Å². The lowest BCUT2D eigenvalue weighted by molar-refractivity contribution is 0.223. The first-order valence-electron chi connectivity index (χ1n) is 7.20. The maximum absolute atomic E-state index is 9.51. The van der Waals surface area contributed by atoms with Crippen LogP contribution < -0.4 is 4.90 Å². The molecule has 0 bridgehead atoms. The maximum Gasteiger partial charge on any atom is 0.120 e. The van der Waals surface area contributed by atoms with Crippen LogP contribution in [0.5, 0.6) is 0 Å². The van der Waals surface area contributed by atoms with Gasteiger partial charge in [-0.3, -0.25) is 0 Å². The molecule has 0 fully saturated rings. The van der Waals surface area contributed by atoms with Gasteiger partial charge in [0.25, 0.3) is 0 Å². The minimum atomic E-state index is 0.211. The minimum Gasteiger partial charge on any atom is -0.396 e. The number of nitriles is 1. The Hall–Kier alpha value is -2.25. The van der Waals surface area contributed by atoms with Crippen molar-refractivity contribution in [1.29, 1.82) is 5.26 Å². The monoisotopic (exact) mass is 281 g/mol. The van der Waals surface area contributed by atoms with Gasteiger partial charge in [-0.2, -0.15) is 5.26 Å². The Balaban J connectivity index is 1.88. The minimum absolute atomic E-state index is 0.211. The molecular weight excluding hydrogens is 262 g/mol. The standard InChI is InChI=1S/C17H19N3O/c1-19-9-13(7-16(19)8-18)10-20-11-14(12-21)6-15-4-2-3-5-17(15)20/h2-5,7,9,14,21H,6,10-12H2,1H3. The van der Waals surface area contributed by atoms with Crippen LogP contribution in [-0.4, -0.2) is 22.8 Å². The molecule has 0 saturated heterocycles. The van der Waals surface area contributed by atoms with Crippen LogP contribution in [0.25, 0.3) is 0 Å². The molecule has 4 nitrogen and oxygen atoms in total. The fourth-order valence-electron chi connectivity index (χ4n) is 3.10. The summed E-state index contributed by atoms with van der Waals surface area (Å²) in [7, 11) is 1.89. The van der Waals surface area contributed by atoms with E-state index in [9.17, 15) is 5.11 Å². The van der Waals surface area contributed by atoms with Gasteiger partial charge in [0.2, 0.25) is 0 Å². The van der Waals surface area contributed by atoms with Crippen LogP contribution in [-0.2, 0) is 20.0 Å². The molecule has 0 amide bonds. The first-order chi connectivity index (χ1) is 10.2. The third kappa shape index (κ3) is 2.65. The molecule has 1 unspecified atom stereocenters. The summed E-state index contributed by atoms with van der Waals surface area (Å²) in [5.41, 5.74) is 4.33. The Kier molecular flexibility index (Phi) is 3.68. The van der Waals surface area contributed by atoms with E-state index in [1.807, 2.05) is 29.9 Å². The first kappa shape index (κ1) is 13.7. The van der Waals surface area contributed by atoms with Gasteiger partial charge in [0.1, 0.15) is 11.8 Å². The van der Waals surface area contributed by atoms with Crippen molar-refractivity contribution in [3.8, 4) is 6.07 Å². The quantitative estimate of drug-likeness (QED) is 0.937. The lowest BCUT2D eigenvalue weighted by Gasteiger charge is -2.35. The normalized spacial score (nSPS) is 17.4. The van der Waals surface area contributed by atoms with E-state index in [1.165, 1.54) is 11.3 Å². The third-order valence-electron chi connectivity index (χ3n) is 4.13. The number of benzene rings is 1. The van der Waals surface area contributed by atoms with Gasteiger partial charge in [-0.15, -0.1) is 0 Å². The molecule has 1 aliphatic rings. The van der Waals surface area contributed by atoms with E-state index < -0.39 is 0 Å². The maximum atomic E-state index is 9.51. The molecular formula is C17H19N3O. The molecule has 1 aromatic carbocycles. The van der Waals surface area contributed by atoms with Crippen LogP contribution in [0.2, 0.25) is 0 Å². The van der Waals surface area contributed by atoms with Gasteiger partial charge in [0.05, 0.1) is 0 Å². The highest BCUT2D eigenvalue weighted by Gasteiger charge is 2.24. The van der Waals surface area contributed by atoms with Crippen molar-refractivity contribution < 1.29 is 5.11 Å². The van der Waals surface area contributed by atoms with E-state index in [-0.39, 0.29) is 12.5 Å². The molecule has 0 saturated carbocycles. The number of nitrogens with zero attached hydrogens (tertiary/aromatic N) is 3. The fourth-order valence-corrected chi connectivity index (χ4v) is 3.10. The highest BCUT2D eigenvalue weighted by molar-refractivity contribution is 5.56. The van der Waals surface area contributed by atoms with Crippen LogP contribution in [0.4, 0.5) is 5.69 Å². The topological polar surface area (TPSA) is 52.2 Å². The molecule has 1 aromatic heterocycles. The summed E-state index contributed by atoms with van der Waals surface area (Å²) in [6, 6.07) is 12.5. The summed E-state index contributed by atoms with van der Waals surface area (Å²) in [6.45, 7) is 1.83. The number of para-hydroxylation sites is 1. The molecule has 21 heavy (non-hydrogen) atoms. The second kappa shape index (κ2) is 5.63. The molecule has 1 aliphatic heterocycles. The van der Waals surface area contributed by atoms with Gasteiger partial charge in [0.15, 0.2) is 0 Å². The van der Waals surface area contributed by atoms with Crippen molar-refractivity contribution in [2.75, 3.05) is 18.1 Å². The van der Waals surface area contributed by atoms with Crippen molar-refractivity contribution in [3.05, 3.63) is 53.3 Å². The van der Waals surface area contributed by atoms with E-state index in [0.29, 0.717) is 5.69 Å². The van der Waals surface area contributed by atoms with Gasteiger partial charge < -0.3 is 14.6 Å². The summed E-state index contributed by atoms with van der Waals surface area (Å²) < 4.78 is 1.86. The summed E-state index contributed by atoms with van der Waals surface area (Å²) in [6.07, 6.45) is 2.94. The number of aromatic nitrogens is 1. The highest BCUT2D eigenvalue weighted by Crippen LogP contribution is 2.30. The average molecular weight is 281 g/mol. The third-order valence-corrected chi connectivity index (χ3v) is 4.13. The van der Waals surface area contributed by atoms with E-state index in [0.717, 1.165) is 25.1 Å². The predicted molar refractivity (Wildman–Crippen MR) is 81.9 cm³/mol. The van der Waals surface area contributed by atoms with Gasteiger partial charge in [-0.25, -0.2) is 0 Å².